The number of rotatable bonds is 13. The monoisotopic (exact) mass is 472 g/mol. The molecule has 1 aromatic heterocycles. The number of piperidine rings is 1. The van der Waals surface area contributed by atoms with Gasteiger partial charge in [0, 0.05) is 26.1 Å². The molecule has 0 bridgehead atoms. The van der Waals surface area contributed by atoms with E-state index in [9.17, 15) is 4.79 Å². The van der Waals surface area contributed by atoms with Gasteiger partial charge < -0.3 is 25.1 Å². The van der Waals surface area contributed by atoms with Crippen LogP contribution in [0.3, 0.4) is 0 Å². The number of nitrogens with one attached hydrogen (secondary N) is 3. The minimum atomic E-state index is 0.0507. The van der Waals surface area contributed by atoms with Crippen molar-refractivity contribution >= 4 is 23.2 Å². The molecule has 1 aliphatic heterocycles. The van der Waals surface area contributed by atoms with Crippen LogP contribution in [0.5, 0.6) is 5.75 Å². The summed E-state index contributed by atoms with van der Waals surface area (Å²) < 4.78 is 11.1. The molecule has 7 nitrogen and oxygen atoms in total. The molecule has 33 heavy (non-hydrogen) atoms. The Balaban J connectivity index is 1.18. The highest BCUT2D eigenvalue weighted by molar-refractivity contribution is 7.80. The van der Waals surface area contributed by atoms with Crippen LogP contribution in [0, 0.1) is 0 Å². The fraction of sp³-hybridized carbons (Fsp3) is 0.520. The van der Waals surface area contributed by atoms with Gasteiger partial charge in [-0.15, -0.1) is 0 Å². The number of likely N-dealkylation sites (tertiary alicyclic amines) is 1. The second-order valence-corrected chi connectivity index (χ2v) is 8.74. The molecule has 2 aromatic rings. The Bertz CT molecular complexity index is 838. The molecule has 1 aromatic carbocycles. The van der Waals surface area contributed by atoms with Crippen LogP contribution in [-0.2, 0) is 17.9 Å². The topological polar surface area (TPSA) is 78.8 Å². The first-order chi connectivity index (χ1) is 16.2. The van der Waals surface area contributed by atoms with E-state index in [2.05, 4.69) is 39.0 Å². The van der Waals surface area contributed by atoms with Crippen molar-refractivity contribution in [1.29, 1.82) is 0 Å². The van der Waals surface area contributed by atoms with Crippen LogP contribution in [0.4, 0.5) is 0 Å². The van der Waals surface area contributed by atoms with Gasteiger partial charge in [-0.25, -0.2) is 0 Å². The molecular formula is C25H36N4O3S. The van der Waals surface area contributed by atoms with Gasteiger partial charge in [-0.1, -0.05) is 18.6 Å². The highest BCUT2D eigenvalue weighted by Crippen LogP contribution is 2.17. The molecule has 1 fully saturated rings. The van der Waals surface area contributed by atoms with Crippen LogP contribution in [-0.4, -0.2) is 48.7 Å². The normalized spacial score (nSPS) is 13.9. The quantitative estimate of drug-likeness (QED) is 0.304. The van der Waals surface area contributed by atoms with Crippen LogP contribution in [0.25, 0.3) is 0 Å². The van der Waals surface area contributed by atoms with Crippen LogP contribution in [0.15, 0.2) is 47.1 Å². The number of carbonyl (C=O) groups is 1. The van der Waals surface area contributed by atoms with E-state index in [1.165, 1.54) is 37.9 Å². The Morgan fingerprint density at radius 3 is 2.70 bits per heavy atom. The predicted octanol–water partition coefficient (Wildman–Crippen LogP) is 3.60. The summed E-state index contributed by atoms with van der Waals surface area (Å²) in [4.78, 5) is 14.5. The van der Waals surface area contributed by atoms with Crippen molar-refractivity contribution in [3.63, 3.8) is 0 Å². The number of hydrogen-bond acceptors (Lipinski definition) is 5. The summed E-state index contributed by atoms with van der Waals surface area (Å²) in [6, 6.07) is 12.1. The van der Waals surface area contributed by atoms with Crippen LogP contribution in [0.1, 0.15) is 49.8 Å². The fourth-order valence-corrected chi connectivity index (χ4v) is 3.96. The first-order valence-corrected chi connectivity index (χ1v) is 12.3. The lowest BCUT2D eigenvalue weighted by molar-refractivity contribution is -0.121. The minimum Gasteiger partial charge on any atom is -0.494 e. The van der Waals surface area contributed by atoms with Gasteiger partial charge in [0.15, 0.2) is 5.11 Å². The van der Waals surface area contributed by atoms with Gasteiger partial charge in [0.1, 0.15) is 11.5 Å². The number of benzene rings is 1. The molecule has 0 unspecified atom stereocenters. The predicted molar refractivity (Wildman–Crippen MR) is 134 cm³/mol. The standard InChI is InChI=1S/C25H36N4O3S/c30-24(11-5-12-27-25(33)28-19-23-10-6-16-32-23)26-13-7-17-31-22-9-4-8-21(18-22)20-29-14-2-1-3-15-29/h4,6,8-10,16,18H,1-3,5,7,11-15,17,19-20H2,(H,26,30)(H2,27,28,33). The molecule has 0 saturated carbocycles. The summed E-state index contributed by atoms with van der Waals surface area (Å²) in [5.74, 6) is 1.78. The zero-order valence-electron chi connectivity index (χ0n) is 19.3. The van der Waals surface area contributed by atoms with Gasteiger partial charge in [-0.3, -0.25) is 9.69 Å². The number of amides is 1. The van der Waals surface area contributed by atoms with E-state index in [0.717, 1.165) is 24.5 Å². The summed E-state index contributed by atoms with van der Waals surface area (Å²) >= 11 is 5.21. The SMILES string of the molecule is O=C(CCCNC(=S)NCc1ccco1)NCCCOc1cccc(CN2CCCCC2)c1. The van der Waals surface area contributed by atoms with Crippen molar-refractivity contribution in [2.75, 3.05) is 32.8 Å². The molecule has 3 N–H and O–H groups in total. The molecule has 180 valence electrons. The highest BCUT2D eigenvalue weighted by atomic mass is 32.1. The third-order valence-electron chi connectivity index (χ3n) is 5.53. The number of ether oxygens (including phenoxy) is 1. The van der Waals surface area contributed by atoms with E-state index in [4.69, 9.17) is 21.4 Å². The molecule has 0 spiro atoms. The van der Waals surface area contributed by atoms with Crippen molar-refractivity contribution in [3.05, 3.63) is 54.0 Å². The highest BCUT2D eigenvalue weighted by Gasteiger charge is 2.10. The lowest BCUT2D eigenvalue weighted by atomic mass is 10.1. The maximum absolute atomic E-state index is 12.0. The molecular weight excluding hydrogens is 436 g/mol. The zero-order chi connectivity index (χ0) is 23.1. The van der Waals surface area contributed by atoms with E-state index < -0.39 is 0 Å². The molecule has 1 amide bonds. The lowest BCUT2D eigenvalue weighted by Gasteiger charge is -2.26. The van der Waals surface area contributed by atoms with E-state index in [0.29, 0.717) is 44.2 Å². The molecule has 8 heteroatoms. The Morgan fingerprint density at radius 2 is 1.88 bits per heavy atom. The van der Waals surface area contributed by atoms with Crippen molar-refractivity contribution in [1.82, 2.24) is 20.9 Å². The average molecular weight is 473 g/mol. The van der Waals surface area contributed by atoms with Crippen LogP contribution >= 0.6 is 12.2 Å². The molecule has 1 saturated heterocycles. The molecule has 0 radical (unpaired) electrons. The number of hydrogen-bond donors (Lipinski definition) is 3. The molecule has 0 aliphatic carbocycles. The van der Waals surface area contributed by atoms with E-state index in [-0.39, 0.29) is 5.91 Å². The Hall–Kier alpha value is -2.58. The van der Waals surface area contributed by atoms with Crippen molar-refractivity contribution in [2.24, 2.45) is 0 Å². The maximum Gasteiger partial charge on any atom is 0.220 e. The van der Waals surface area contributed by atoms with Crippen molar-refractivity contribution in [2.45, 2.75) is 51.6 Å². The van der Waals surface area contributed by atoms with E-state index in [1.54, 1.807) is 6.26 Å². The van der Waals surface area contributed by atoms with Gasteiger partial charge in [-0.2, -0.15) is 0 Å². The van der Waals surface area contributed by atoms with E-state index >= 15 is 0 Å². The number of nitrogens with zero attached hydrogens (tertiary/aromatic N) is 1. The van der Waals surface area contributed by atoms with Gasteiger partial charge in [0.25, 0.3) is 0 Å². The molecule has 3 rings (SSSR count). The summed E-state index contributed by atoms with van der Waals surface area (Å²) in [6.45, 7) is 5.77. The van der Waals surface area contributed by atoms with Gasteiger partial charge >= 0.3 is 0 Å². The van der Waals surface area contributed by atoms with Gasteiger partial charge in [0.2, 0.25) is 5.91 Å². The number of carbonyl (C=O) groups excluding carboxylic acids is 1. The first-order valence-electron chi connectivity index (χ1n) is 11.9. The summed E-state index contributed by atoms with van der Waals surface area (Å²) in [6.07, 6.45) is 7.55. The van der Waals surface area contributed by atoms with E-state index in [1.807, 2.05) is 18.2 Å². The number of thiocarbonyl (C=S) groups is 1. The Labute approximate surface area is 202 Å². The smallest absolute Gasteiger partial charge is 0.220 e. The number of furan rings is 1. The van der Waals surface area contributed by atoms with Crippen molar-refractivity contribution < 1.29 is 13.9 Å². The maximum atomic E-state index is 12.0. The third kappa shape index (κ3) is 10.3. The lowest BCUT2D eigenvalue weighted by Crippen LogP contribution is -2.35. The van der Waals surface area contributed by atoms with Crippen molar-refractivity contribution in [3.8, 4) is 5.75 Å². The second-order valence-electron chi connectivity index (χ2n) is 8.33. The summed E-state index contributed by atoms with van der Waals surface area (Å²) in [7, 11) is 0. The Kier molecular flexibility index (Phi) is 11.0. The zero-order valence-corrected chi connectivity index (χ0v) is 20.1. The molecule has 0 atom stereocenters. The Morgan fingerprint density at radius 1 is 1.03 bits per heavy atom. The van der Waals surface area contributed by atoms with Crippen LogP contribution in [0.2, 0.25) is 0 Å². The fourth-order valence-electron chi connectivity index (χ4n) is 3.78. The second kappa shape index (κ2) is 14.5. The van der Waals surface area contributed by atoms with Gasteiger partial charge in [0.05, 0.1) is 19.4 Å². The van der Waals surface area contributed by atoms with Gasteiger partial charge in [-0.05, 0) is 80.8 Å². The summed E-state index contributed by atoms with van der Waals surface area (Å²) in [5, 5.41) is 9.68. The third-order valence-corrected chi connectivity index (χ3v) is 5.82. The molecule has 2 heterocycles. The van der Waals surface area contributed by atoms with Crippen LogP contribution < -0.4 is 20.7 Å². The molecule has 1 aliphatic rings. The minimum absolute atomic E-state index is 0.0507. The average Bonchev–Trinajstić information content (AvgIpc) is 3.35. The summed E-state index contributed by atoms with van der Waals surface area (Å²) in [5.41, 5.74) is 1.30. The first kappa shape index (κ1) is 25.1. The largest absolute Gasteiger partial charge is 0.494 e.